The number of likely N-dealkylation sites (tertiary alicyclic amines) is 1. The number of nitro groups is 1. The summed E-state index contributed by atoms with van der Waals surface area (Å²) in [5, 5.41) is 13.2. The summed E-state index contributed by atoms with van der Waals surface area (Å²) in [6.45, 7) is 0.363. The fourth-order valence-electron chi connectivity index (χ4n) is 1.88. The van der Waals surface area contributed by atoms with Crippen LogP contribution in [-0.4, -0.2) is 39.7 Å². The lowest BCUT2D eigenvalue weighted by molar-refractivity contribution is -0.384. The summed E-state index contributed by atoms with van der Waals surface area (Å²) in [7, 11) is 0. The molecule has 1 aromatic rings. The molecule has 9 heteroatoms. The predicted octanol–water partition coefficient (Wildman–Crippen LogP) is 1.20. The van der Waals surface area contributed by atoms with Crippen molar-refractivity contribution >= 4 is 34.9 Å². The zero-order valence-electron chi connectivity index (χ0n) is 10.3. The third-order valence-electron chi connectivity index (χ3n) is 2.80. The normalized spacial score (nSPS) is 14.4. The molecular formula is C11H11ClN4O4. The average molecular weight is 299 g/mol. The quantitative estimate of drug-likeness (QED) is 0.511. The summed E-state index contributed by atoms with van der Waals surface area (Å²) in [5.41, 5.74) is -0.351. The lowest BCUT2D eigenvalue weighted by Gasteiger charge is -2.14. The number of aromatic nitrogens is 1. The molecule has 1 aromatic heterocycles. The topological polar surface area (TPSA) is 105 Å². The van der Waals surface area contributed by atoms with Gasteiger partial charge in [0, 0.05) is 19.0 Å². The number of rotatable bonds is 4. The van der Waals surface area contributed by atoms with Crippen LogP contribution < -0.4 is 5.32 Å². The van der Waals surface area contributed by atoms with Crippen LogP contribution in [0.2, 0.25) is 5.15 Å². The van der Waals surface area contributed by atoms with E-state index in [1.165, 1.54) is 11.0 Å². The molecule has 1 saturated heterocycles. The Labute approximate surface area is 118 Å². The van der Waals surface area contributed by atoms with E-state index in [1.807, 2.05) is 0 Å². The summed E-state index contributed by atoms with van der Waals surface area (Å²) >= 11 is 5.65. The number of nitrogens with zero attached hydrogens (tertiary/aromatic N) is 3. The molecule has 106 valence electrons. The third kappa shape index (κ3) is 3.21. The van der Waals surface area contributed by atoms with Gasteiger partial charge in [0.05, 0.1) is 11.5 Å². The van der Waals surface area contributed by atoms with Crippen LogP contribution in [-0.2, 0) is 9.59 Å². The second-order valence-electron chi connectivity index (χ2n) is 4.23. The minimum absolute atomic E-state index is 0.0307. The molecule has 0 atom stereocenters. The Hall–Kier alpha value is -2.22. The first-order chi connectivity index (χ1) is 9.47. The molecule has 1 fully saturated rings. The zero-order valence-corrected chi connectivity index (χ0v) is 11.1. The Bertz CT molecular complexity index is 578. The Morgan fingerprint density at radius 3 is 2.90 bits per heavy atom. The molecule has 0 radical (unpaired) electrons. The first-order valence-corrected chi connectivity index (χ1v) is 6.24. The minimum atomic E-state index is -0.667. The van der Waals surface area contributed by atoms with Gasteiger partial charge in [0.1, 0.15) is 5.15 Å². The van der Waals surface area contributed by atoms with Gasteiger partial charge < -0.3 is 10.2 Å². The number of nitrogens with one attached hydrogen (secondary N) is 1. The number of amides is 2. The van der Waals surface area contributed by atoms with Crippen LogP contribution in [0.4, 0.5) is 11.5 Å². The first-order valence-electron chi connectivity index (χ1n) is 5.86. The average Bonchev–Trinajstić information content (AvgIpc) is 2.74. The van der Waals surface area contributed by atoms with Gasteiger partial charge in [-0.1, -0.05) is 11.6 Å². The molecule has 20 heavy (non-hydrogen) atoms. The van der Waals surface area contributed by atoms with Crippen molar-refractivity contribution in [2.24, 2.45) is 0 Å². The lowest BCUT2D eigenvalue weighted by Crippen LogP contribution is -2.34. The van der Waals surface area contributed by atoms with Crippen molar-refractivity contribution in [3.8, 4) is 0 Å². The molecule has 0 spiro atoms. The van der Waals surface area contributed by atoms with Gasteiger partial charge in [-0.25, -0.2) is 4.98 Å². The summed E-state index contributed by atoms with van der Waals surface area (Å²) in [6, 6.07) is 2.42. The highest BCUT2D eigenvalue weighted by Gasteiger charge is 2.24. The van der Waals surface area contributed by atoms with E-state index < -0.39 is 10.8 Å². The molecule has 2 amide bonds. The number of carbonyl (C=O) groups is 2. The SMILES string of the molecule is O=C(CN1CCCC1=O)Nc1nc(Cl)ccc1[N+](=O)[O-]. The maximum absolute atomic E-state index is 11.8. The predicted molar refractivity (Wildman–Crippen MR) is 70.3 cm³/mol. The number of pyridine rings is 1. The summed E-state index contributed by atoms with van der Waals surface area (Å²) in [6.07, 6.45) is 1.13. The number of hydrogen-bond acceptors (Lipinski definition) is 5. The molecule has 0 aromatic carbocycles. The van der Waals surface area contributed by atoms with Crippen LogP contribution in [0.15, 0.2) is 12.1 Å². The smallest absolute Gasteiger partial charge is 0.311 e. The standard InChI is InChI=1S/C11H11ClN4O4/c12-8-4-3-7(16(19)20)11(13-8)14-9(17)6-15-5-1-2-10(15)18/h3-4H,1-2,5-6H2,(H,13,14,17). The number of anilines is 1. The van der Waals surface area contributed by atoms with E-state index in [4.69, 9.17) is 11.6 Å². The second-order valence-corrected chi connectivity index (χ2v) is 4.61. The third-order valence-corrected chi connectivity index (χ3v) is 3.01. The molecule has 1 aliphatic rings. The van der Waals surface area contributed by atoms with Crippen molar-refractivity contribution in [3.63, 3.8) is 0 Å². The van der Waals surface area contributed by atoms with Crippen molar-refractivity contribution in [2.75, 3.05) is 18.4 Å². The maximum Gasteiger partial charge on any atom is 0.311 e. The van der Waals surface area contributed by atoms with Crippen LogP contribution in [0.5, 0.6) is 0 Å². The van der Waals surface area contributed by atoms with Crippen molar-refractivity contribution in [3.05, 3.63) is 27.4 Å². The van der Waals surface area contributed by atoms with Gasteiger partial charge in [-0.15, -0.1) is 0 Å². The van der Waals surface area contributed by atoms with Crippen LogP contribution >= 0.6 is 11.6 Å². The molecule has 1 N–H and O–H groups in total. The van der Waals surface area contributed by atoms with Gasteiger partial charge in [-0.3, -0.25) is 19.7 Å². The summed E-state index contributed by atoms with van der Waals surface area (Å²) < 4.78 is 0. The Morgan fingerprint density at radius 1 is 1.55 bits per heavy atom. The second kappa shape index (κ2) is 5.83. The largest absolute Gasteiger partial charge is 0.333 e. The highest BCUT2D eigenvalue weighted by Crippen LogP contribution is 2.23. The lowest BCUT2D eigenvalue weighted by atomic mass is 10.4. The molecule has 8 nitrogen and oxygen atoms in total. The summed E-state index contributed by atoms with van der Waals surface area (Å²) in [5.74, 6) is -0.869. The number of hydrogen-bond donors (Lipinski definition) is 1. The fourth-order valence-corrected chi connectivity index (χ4v) is 2.03. The van der Waals surface area contributed by atoms with Crippen molar-refractivity contribution in [1.29, 1.82) is 0 Å². The van der Waals surface area contributed by atoms with Crippen LogP contribution in [0, 0.1) is 10.1 Å². The first kappa shape index (κ1) is 14.2. The van der Waals surface area contributed by atoms with E-state index in [-0.39, 0.29) is 29.1 Å². The number of halogens is 1. The highest BCUT2D eigenvalue weighted by atomic mass is 35.5. The molecule has 0 unspecified atom stereocenters. The van der Waals surface area contributed by atoms with Gasteiger partial charge in [-0.05, 0) is 12.5 Å². The molecule has 0 saturated carbocycles. The molecule has 2 heterocycles. The Kier molecular flexibility index (Phi) is 4.14. The Balaban J connectivity index is 2.09. The Morgan fingerprint density at radius 2 is 2.30 bits per heavy atom. The van der Waals surface area contributed by atoms with Gasteiger partial charge >= 0.3 is 5.69 Å². The molecule has 0 bridgehead atoms. The van der Waals surface area contributed by atoms with E-state index in [1.54, 1.807) is 0 Å². The van der Waals surface area contributed by atoms with Crippen LogP contribution in [0.3, 0.4) is 0 Å². The van der Waals surface area contributed by atoms with Gasteiger partial charge in [0.15, 0.2) is 0 Å². The molecule has 1 aliphatic heterocycles. The fraction of sp³-hybridized carbons (Fsp3) is 0.364. The van der Waals surface area contributed by atoms with E-state index in [9.17, 15) is 19.7 Å². The maximum atomic E-state index is 11.8. The van der Waals surface area contributed by atoms with Crippen molar-refractivity contribution in [2.45, 2.75) is 12.8 Å². The summed E-state index contributed by atoms with van der Waals surface area (Å²) in [4.78, 5) is 38.4. The number of carbonyl (C=O) groups excluding carboxylic acids is 2. The molecule has 2 rings (SSSR count). The minimum Gasteiger partial charge on any atom is -0.333 e. The van der Waals surface area contributed by atoms with E-state index in [2.05, 4.69) is 10.3 Å². The monoisotopic (exact) mass is 298 g/mol. The van der Waals surface area contributed by atoms with Crippen LogP contribution in [0.1, 0.15) is 12.8 Å². The van der Waals surface area contributed by atoms with Gasteiger partial charge in [0.25, 0.3) is 0 Å². The van der Waals surface area contributed by atoms with Crippen molar-refractivity contribution < 1.29 is 14.5 Å². The molecule has 0 aliphatic carbocycles. The van der Waals surface area contributed by atoms with Crippen molar-refractivity contribution in [1.82, 2.24) is 9.88 Å². The molecular weight excluding hydrogens is 288 g/mol. The van der Waals surface area contributed by atoms with E-state index >= 15 is 0 Å². The van der Waals surface area contributed by atoms with Gasteiger partial charge in [-0.2, -0.15) is 0 Å². The van der Waals surface area contributed by atoms with E-state index in [0.29, 0.717) is 19.4 Å². The van der Waals surface area contributed by atoms with Gasteiger partial charge in [0.2, 0.25) is 17.6 Å². The highest BCUT2D eigenvalue weighted by molar-refractivity contribution is 6.29. The van der Waals surface area contributed by atoms with E-state index in [0.717, 1.165) is 6.07 Å². The zero-order chi connectivity index (χ0) is 14.7. The van der Waals surface area contributed by atoms with Crippen LogP contribution in [0.25, 0.3) is 0 Å².